The predicted molar refractivity (Wildman–Crippen MR) is 123 cm³/mol. The zero-order chi connectivity index (χ0) is 22.5. The number of carbonyl (C=O) groups is 2. The summed E-state index contributed by atoms with van der Waals surface area (Å²) in [4.78, 5) is 24.3. The number of fused-ring (bicyclic) bond motifs is 5. The van der Waals surface area contributed by atoms with Crippen LogP contribution in [0.1, 0.15) is 88.9 Å². The molecule has 0 aromatic heterocycles. The highest BCUT2D eigenvalue weighted by Crippen LogP contribution is 2.66. The lowest BCUT2D eigenvalue weighted by molar-refractivity contribution is -0.161. The summed E-state index contributed by atoms with van der Waals surface area (Å²) in [6.45, 7) is 6.46. The van der Waals surface area contributed by atoms with Gasteiger partial charge in [0.15, 0.2) is 0 Å². The van der Waals surface area contributed by atoms with Crippen molar-refractivity contribution in [1.82, 2.24) is 0 Å². The van der Waals surface area contributed by atoms with Gasteiger partial charge in [0.2, 0.25) is 0 Å². The van der Waals surface area contributed by atoms with E-state index in [1.54, 1.807) is 0 Å². The average molecular weight is 439 g/mol. The zero-order valence-electron chi connectivity index (χ0n) is 19.8. The number of rotatable bonds is 3. The van der Waals surface area contributed by atoms with Crippen LogP contribution in [0.25, 0.3) is 0 Å². The molecule has 4 saturated carbocycles. The van der Waals surface area contributed by atoms with Gasteiger partial charge in [-0.2, -0.15) is 0 Å². The van der Waals surface area contributed by atoms with Crippen LogP contribution in [0.2, 0.25) is 0 Å². The maximum absolute atomic E-state index is 12.8. The third kappa shape index (κ3) is 3.58. The van der Waals surface area contributed by atoms with Crippen molar-refractivity contribution < 1.29 is 19.1 Å². The van der Waals surface area contributed by atoms with Gasteiger partial charge in [0.25, 0.3) is 0 Å². The molecule has 4 aliphatic rings. The van der Waals surface area contributed by atoms with Crippen molar-refractivity contribution in [2.75, 3.05) is 0 Å². The fourth-order valence-electron chi connectivity index (χ4n) is 8.48. The standard InChI is InChI=1S/C28H38O4/c1-18(29)31-21-13-15-27(2)20(17-21)9-10-22-23-11-12-25(28(23,3)16-14-24(22)27)32-26(30)19-7-5-4-6-8-19/h4-8,20-25H,9-17H2,1-3H3. The summed E-state index contributed by atoms with van der Waals surface area (Å²) >= 11 is 0. The van der Waals surface area contributed by atoms with E-state index in [-0.39, 0.29) is 29.6 Å². The molecule has 0 aliphatic heterocycles. The van der Waals surface area contributed by atoms with E-state index in [4.69, 9.17) is 9.47 Å². The Morgan fingerprint density at radius 1 is 0.844 bits per heavy atom. The molecule has 4 nitrogen and oxygen atoms in total. The molecule has 0 saturated heterocycles. The third-order valence-electron chi connectivity index (χ3n) is 10.1. The molecule has 0 radical (unpaired) electrons. The van der Waals surface area contributed by atoms with Gasteiger partial charge in [-0.15, -0.1) is 0 Å². The van der Waals surface area contributed by atoms with E-state index in [9.17, 15) is 9.59 Å². The molecule has 174 valence electrons. The van der Waals surface area contributed by atoms with Gasteiger partial charge < -0.3 is 9.47 Å². The highest BCUT2D eigenvalue weighted by atomic mass is 16.5. The van der Waals surface area contributed by atoms with Crippen molar-refractivity contribution in [3.05, 3.63) is 35.9 Å². The van der Waals surface area contributed by atoms with Crippen LogP contribution in [0.15, 0.2) is 30.3 Å². The summed E-state index contributed by atoms with van der Waals surface area (Å²) in [5.74, 6) is 2.50. The van der Waals surface area contributed by atoms with E-state index < -0.39 is 0 Å². The van der Waals surface area contributed by atoms with E-state index in [0.29, 0.717) is 22.8 Å². The first kappa shape index (κ1) is 22.0. The van der Waals surface area contributed by atoms with Crippen LogP contribution in [0.3, 0.4) is 0 Å². The summed E-state index contributed by atoms with van der Waals surface area (Å²) in [5.41, 5.74) is 1.12. The van der Waals surface area contributed by atoms with Crippen molar-refractivity contribution in [3.8, 4) is 0 Å². The fourth-order valence-corrected chi connectivity index (χ4v) is 8.48. The van der Waals surface area contributed by atoms with Crippen LogP contribution in [0, 0.1) is 34.5 Å². The highest BCUT2D eigenvalue weighted by molar-refractivity contribution is 5.89. The fraction of sp³-hybridized carbons (Fsp3) is 0.714. The van der Waals surface area contributed by atoms with Gasteiger partial charge in [-0.05, 0) is 99.0 Å². The number of benzene rings is 1. The van der Waals surface area contributed by atoms with Crippen LogP contribution < -0.4 is 0 Å². The normalized spacial score (nSPS) is 42.8. The summed E-state index contributed by atoms with van der Waals surface area (Å²) in [7, 11) is 0. The molecule has 1 aromatic carbocycles. The molecule has 8 atom stereocenters. The van der Waals surface area contributed by atoms with Crippen LogP contribution in [0.5, 0.6) is 0 Å². The maximum Gasteiger partial charge on any atom is 0.338 e. The molecule has 5 rings (SSSR count). The minimum absolute atomic E-state index is 0.0337. The van der Waals surface area contributed by atoms with Gasteiger partial charge >= 0.3 is 11.9 Å². The molecule has 0 spiro atoms. The molecule has 1 aromatic rings. The molecule has 0 N–H and O–H groups in total. The quantitative estimate of drug-likeness (QED) is 0.528. The average Bonchev–Trinajstić information content (AvgIpc) is 3.10. The minimum Gasteiger partial charge on any atom is -0.463 e. The van der Waals surface area contributed by atoms with Gasteiger partial charge in [0.05, 0.1) is 5.56 Å². The molecule has 0 bridgehead atoms. The van der Waals surface area contributed by atoms with E-state index >= 15 is 0 Å². The lowest BCUT2D eigenvalue weighted by Gasteiger charge is -2.60. The van der Waals surface area contributed by atoms with Crippen molar-refractivity contribution >= 4 is 11.9 Å². The molecule has 8 unspecified atom stereocenters. The molecular formula is C28H38O4. The highest BCUT2D eigenvalue weighted by Gasteiger charge is 2.61. The first-order valence-corrected chi connectivity index (χ1v) is 12.7. The van der Waals surface area contributed by atoms with Crippen LogP contribution in [-0.4, -0.2) is 24.1 Å². The summed E-state index contributed by atoms with van der Waals surface area (Å²) < 4.78 is 11.8. The molecule has 0 amide bonds. The van der Waals surface area contributed by atoms with Gasteiger partial charge in [0.1, 0.15) is 12.2 Å². The predicted octanol–water partition coefficient (Wildman–Crippen LogP) is 6.19. The van der Waals surface area contributed by atoms with Gasteiger partial charge in [0, 0.05) is 12.3 Å². The molecule has 32 heavy (non-hydrogen) atoms. The van der Waals surface area contributed by atoms with Crippen LogP contribution in [0.4, 0.5) is 0 Å². The summed E-state index contributed by atoms with van der Waals surface area (Å²) in [5, 5.41) is 0. The molecule has 4 fully saturated rings. The molecule has 0 heterocycles. The minimum atomic E-state index is -0.168. The lowest BCUT2D eigenvalue weighted by Crippen LogP contribution is -2.54. The van der Waals surface area contributed by atoms with E-state index in [1.807, 2.05) is 30.3 Å². The Labute approximate surface area is 192 Å². The topological polar surface area (TPSA) is 52.6 Å². The zero-order valence-corrected chi connectivity index (χ0v) is 19.8. The Morgan fingerprint density at radius 2 is 1.56 bits per heavy atom. The Kier molecular flexibility index (Phi) is 5.62. The van der Waals surface area contributed by atoms with Gasteiger partial charge in [-0.25, -0.2) is 4.79 Å². The third-order valence-corrected chi connectivity index (χ3v) is 10.1. The summed E-state index contributed by atoms with van der Waals surface area (Å²) in [6.07, 6.45) is 10.5. The maximum atomic E-state index is 12.8. The smallest absolute Gasteiger partial charge is 0.338 e. The number of esters is 2. The monoisotopic (exact) mass is 438 g/mol. The van der Waals surface area contributed by atoms with Crippen LogP contribution in [-0.2, 0) is 14.3 Å². The van der Waals surface area contributed by atoms with Crippen molar-refractivity contribution in [2.45, 2.75) is 90.8 Å². The largest absolute Gasteiger partial charge is 0.463 e. The second-order valence-corrected chi connectivity index (χ2v) is 11.5. The van der Waals surface area contributed by atoms with E-state index in [1.165, 1.54) is 39.0 Å². The van der Waals surface area contributed by atoms with Crippen molar-refractivity contribution in [3.63, 3.8) is 0 Å². The molecule has 4 aliphatic carbocycles. The van der Waals surface area contributed by atoms with Crippen LogP contribution >= 0.6 is 0 Å². The van der Waals surface area contributed by atoms with E-state index in [2.05, 4.69) is 13.8 Å². The number of ether oxygens (including phenoxy) is 2. The van der Waals surface area contributed by atoms with Crippen molar-refractivity contribution in [2.24, 2.45) is 34.5 Å². The SMILES string of the molecule is CC(=O)OC1CCC2(C)C(CCC3C2CCC2(C)C(OC(=O)c4ccccc4)CCC32)C1. The summed E-state index contributed by atoms with van der Waals surface area (Å²) in [6, 6.07) is 9.43. The number of hydrogen-bond acceptors (Lipinski definition) is 4. The second-order valence-electron chi connectivity index (χ2n) is 11.5. The van der Waals surface area contributed by atoms with Gasteiger partial charge in [-0.1, -0.05) is 32.0 Å². The molecular weight excluding hydrogens is 400 g/mol. The van der Waals surface area contributed by atoms with Crippen molar-refractivity contribution in [1.29, 1.82) is 0 Å². The Bertz CT molecular complexity index is 865. The molecule has 4 heteroatoms. The second kappa shape index (κ2) is 8.18. The van der Waals surface area contributed by atoms with Gasteiger partial charge in [-0.3, -0.25) is 4.79 Å². The number of hydrogen-bond donors (Lipinski definition) is 0. The lowest BCUT2D eigenvalue weighted by atomic mass is 9.45. The number of carbonyl (C=O) groups excluding carboxylic acids is 2. The van der Waals surface area contributed by atoms with E-state index in [0.717, 1.165) is 37.5 Å². The Balaban J connectivity index is 1.30. The Hall–Kier alpha value is -1.84. The Morgan fingerprint density at radius 3 is 2.31 bits per heavy atom. The first-order valence-electron chi connectivity index (χ1n) is 12.7. The first-order chi connectivity index (χ1) is 15.3.